The van der Waals surface area contributed by atoms with Gasteiger partial charge in [-0.25, -0.2) is 4.79 Å². The number of unbranched alkanes of at least 4 members (excludes halogenated alkanes) is 1. The lowest BCUT2D eigenvalue weighted by Gasteiger charge is -2.16. The van der Waals surface area contributed by atoms with Crippen LogP contribution in [-0.4, -0.2) is 17.9 Å². The molecule has 0 amide bonds. The summed E-state index contributed by atoms with van der Waals surface area (Å²) in [5.74, 6) is -1.21. The SMILES string of the molecule is CCCCC(CCC)OC(=O)C(=N)N. The molecule has 0 saturated heterocycles. The molecule has 1 atom stereocenters. The maximum atomic E-state index is 11.0. The summed E-state index contributed by atoms with van der Waals surface area (Å²) < 4.78 is 5.07. The zero-order valence-corrected chi connectivity index (χ0v) is 9.01. The Balaban J connectivity index is 3.94. The van der Waals surface area contributed by atoms with E-state index in [1.165, 1.54) is 0 Å². The lowest BCUT2D eigenvalue weighted by atomic mass is 10.1. The number of esters is 1. The lowest BCUT2D eigenvalue weighted by molar-refractivity contribution is -0.141. The number of nitrogens with one attached hydrogen (secondary N) is 1. The van der Waals surface area contributed by atoms with E-state index in [9.17, 15) is 4.79 Å². The van der Waals surface area contributed by atoms with Gasteiger partial charge in [0.15, 0.2) is 0 Å². The van der Waals surface area contributed by atoms with Crippen LogP contribution in [0, 0.1) is 5.41 Å². The normalized spacial score (nSPS) is 12.1. The second-order valence-corrected chi connectivity index (χ2v) is 3.37. The third kappa shape index (κ3) is 5.56. The fraction of sp³-hybridized carbons (Fsp3) is 0.800. The molecule has 3 N–H and O–H groups in total. The van der Waals surface area contributed by atoms with Gasteiger partial charge in [0.1, 0.15) is 6.10 Å². The van der Waals surface area contributed by atoms with Crippen LogP contribution in [0.5, 0.6) is 0 Å². The molecule has 4 heteroatoms. The third-order valence-electron chi connectivity index (χ3n) is 1.98. The van der Waals surface area contributed by atoms with E-state index in [0.29, 0.717) is 0 Å². The average molecular weight is 200 g/mol. The summed E-state index contributed by atoms with van der Waals surface area (Å²) in [4.78, 5) is 11.0. The Bertz CT molecular complexity index is 193. The van der Waals surface area contributed by atoms with Crippen LogP contribution in [0.4, 0.5) is 0 Å². The predicted molar refractivity (Wildman–Crippen MR) is 56.2 cm³/mol. The summed E-state index contributed by atoms with van der Waals surface area (Å²) in [5.41, 5.74) is 5.02. The van der Waals surface area contributed by atoms with Gasteiger partial charge < -0.3 is 10.5 Å². The van der Waals surface area contributed by atoms with E-state index in [-0.39, 0.29) is 6.10 Å². The van der Waals surface area contributed by atoms with E-state index in [1.54, 1.807) is 0 Å². The molecular weight excluding hydrogens is 180 g/mol. The van der Waals surface area contributed by atoms with Crippen molar-refractivity contribution in [2.24, 2.45) is 5.73 Å². The van der Waals surface area contributed by atoms with Crippen molar-refractivity contribution in [2.45, 2.75) is 52.1 Å². The van der Waals surface area contributed by atoms with E-state index < -0.39 is 11.8 Å². The highest BCUT2D eigenvalue weighted by atomic mass is 16.5. The molecule has 0 rings (SSSR count). The first kappa shape index (κ1) is 12.9. The summed E-state index contributed by atoms with van der Waals surface area (Å²) in [6, 6.07) is 0. The number of amidine groups is 1. The molecule has 0 aromatic rings. The van der Waals surface area contributed by atoms with Gasteiger partial charge in [-0.3, -0.25) is 5.41 Å². The van der Waals surface area contributed by atoms with Crippen LogP contribution in [0.2, 0.25) is 0 Å². The van der Waals surface area contributed by atoms with Crippen molar-refractivity contribution < 1.29 is 9.53 Å². The van der Waals surface area contributed by atoms with Gasteiger partial charge in [0.25, 0.3) is 0 Å². The minimum absolute atomic E-state index is 0.0728. The molecule has 0 aliphatic heterocycles. The molecule has 0 aliphatic carbocycles. The largest absolute Gasteiger partial charge is 0.457 e. The molecule has 0 radical (unpaired) electrons. The van der Waals surface area contributed by atoms with Gasteiger partial charge in [-0.1, -0.05) is 33.1 Å². The second-order valence-electron chi connectivity index (χ2n) is 3.37. The van der Waals surface area contributed by atoms with Crippen LogP contribution in [0.1, 0.15) is 46.0 Å². The van der Waals surface area contributed by atoms with E-state index in [2.05, 4.69) is 6.92 Å². The van der Waals surface area contributed by atoms with E-state index in [1.807, 2.05) is 6.92 Å². The number of carbonyl (C=O) groups is 1. The van der Waals surface area contributed by atoms with Crippen molar-refractivity contribution >= 4 is 11.8 Å². The molecule has 0 aliphatic rings. The highest BCUT2D eigenvalue weighted by Gasteiger charge is 2.14. The first-order chi connectivity index (χ1) is 6.61. The number of hydrogen-bond donors (Lipinski definition) is 2. The van der Waals surface area contributed by atoms with Gasteiger partial charge in [0.05, 0.1) is 0 Å². The summed E-state index contributed by atoms with van der Waals surface area (Å²) in [6.45, 7) is 4.14. The van der Waals surface area contributed by atoms with Gasteiger partial charge >= 0.3 is 5.97 Å². The number of carbonyl (C=O) groups excluding carboxylic acids is 1. The monoisotopic (exact) mass is 200 g/mol. The number of hydrogen-bond acceptors (Lipinski definition) is 3. The molecule has 82 valence electrons. The standard InChI is InChI=1S/C10H20N2O2/c1-3-5-7-8(6-4-2)14-10(13)9(11)12/h8H,3-7H2,1-2H3,(H3,11,12). The topological polar surface area (TPSA) is 76.2 Å². The third-order valence-corrected chi connectivity index (χ3v) is 1.98. The zero-order valence-electron chi connectivity index (χ0n) is 9.01. The maximum Gasteiger partial charge on any atom is 0.373 e. The van der Waals surface area contributed by atoms with Crippen LogP contribution in [0.15, 0.2) is 0 Å². The van der Waals surface area contributed by atoms with Crippen molar-refractivity contribution in [1.29, 1.82) is 5.41 Å². The first-order valence-electron chi connectivity index (χ1n) is 5.16. The molecule has 0 saturated carbocycles. The van der Waals surface area contributed by atoms with E-state index in [0.717, 1.165) is 32.1 Å². The molecule has 0 bridgehead atoms. The van der Waals surface area contributed by atoms with Gasteiger partial charge in [0, 0.05) is 0 Å². The molecule has 0 heterocycles. The zero-order chi connectivity index (χ0) is 11.0. The summed E-state index contributed by atoms with van der Waals surface area (Å²) in [6.07, 6.45) is 4.73. The van der Waals surface area contributed by atoms with Crippen LogP contribution in [0.3, 0.4) is 0 Å². The smallest absolute Gasteiger partial charge is 0.373 e. The number of nitrogens with two attached hydrogens (primary N) is 1. The van der Waals surface area contributed by atoms with Crippen LogP contribution >= 0.6 is 0 Å². The average Bonchev–Trinajstić information content (AvgIpc) is 2.14. The van der Waals surface area contributed by atoms with Crippen LogP contribution in [-0.2, 0) is 9.53 Å². The molecule has 0 fully saturated rings. The Hall–Kier alpha value is -1.06. The Morgan fingerprint density at radius 2 is 2.00 bits per heavy atom. The number of rotatable bonds is 6. The summed E-state index contributed by atoms with van der Waals surface area (Å²) in [7, 11) is 0. The fourth-order valence-electron chi connectivity index (χ4n) is 1.23. The fourth-order valence-corrected chi connectivity index (χ4v) is 1.23. The van der Waals surface area contributed by atoms with Gasteiger partial charge in [0.2, 0.25) is 5.84 Å². The van der Waals surface area contributed by atoms with Crippen molar-refractivity contribution in [3.63, 3.8) is 0 Å². The van der Waals surface area contributed by atoms with E-state index >= 15 is 0 Å². The van der Waals surface area contributed by atoms with Gasteiger partial charge in [-0.2, -0.15) is 0 Å². The number of ether oxygens (including phenoxy) is 1. The van der Waals surface area contributed by atoms with Crippen LogP contribution in [0.25, 0.3) is 0 Å². The first-order valence-corrected chi connectivity index (χ1v) is 5.16. The Kier molecular flexibility index (Phi) is 6.80. The molecule has 14 heavy (non-hydrogen) atoms. The summed E-state index contributed by atoms with van der Waals surface area (Å²) >= 11 is 0. The van der Waals surface area contributed by atoms with Crippen molar-refractivity contribution in [3.05, 3.63) is 0 Å². The van der Waals surface area contributed by atoms with E-state index in [4.69, 9.17) is 15.9 Å². The second kappa shape index (κ2) is 7.35. The van der Waals surface area contributed by atoms with Crippen molar-refractivity contribution in [1.82, 2.24) is 0 Å². The Morgan fingerprint density at radius 1 is 1.36 bits per heavy atom. The minimum Gasteiger partial charge on any atom is -0.457 e. The minimum atomic E-state index is -0.695. The highest BCUT2D eigenvalue weighted by molar-refractivity contribution is 6.33. The molecule has 4 nitrogen and oxygen atoms in total. The quantitative estimate of drug-likeness (QED) is 0.390. The predicted octanol–water partition coefficient (Wildman–Crippen LogP) is 1.82. The Morgan fingerprint density at radius 3 is 2.43 bits per heavy atom. The summed E-state index contributed by atoms with van der Waals surface area (Å²) in [5, 5.41) is 6.91. The maximum absolute atomic E-state index is 11.0. The lowest BCUT2D eigenvalue weighted by Crippen LogP contribution is -2.29. The van der Waals surface area contributed by atoms with Crippen molar-refractivity contribution in [3.8, 4) is 0 Å². The molecular formula is C10H20N2O2. The molecule has 0 spiro atoms. The molecule has 1 unspecified atom stereocenters. The van der Waals surface area contributed by atoms with Crippen LogP contribution < -0.4 is 5.73 Å². The highest BCUT2D eigenvalue weighted by Crippen LogP contribution is 2.11. The van der Waals surface area contributed by atoms with Gasteiger partial charge in [-0.05, 0) is 12.8 Å². The molecule has 0 aromatic heterocycles. The van der Waals surface area contributed by atoms with Crippen molar-refractivity contribution in [2.75, 3.05) is 0 Å². The van der Waals surface area contributed by atoms with Gasteiger partial charge in [-0.15, -0.1) is 0 Å². The Labute approximate surface area is 85.3 Å². The molecule has 0 aromatic carbocycles.